The number of ether oxygens (including phenoxy) is 1. The van der Waals surface area contributed by atoms with Crippen molar-refractivity contribution in [2.75, 3.05) is 6.61 Å². The molecule has 0 atom stereocenters. The lowest BCUT2D eigenvalue weighted by Gasteiger charge is -2.09. The molecule has 0 radical (unpaired) electrons. The molecule has 0 aromatic carbocycles. The van der Waals surface area contributed by atoms with Gasteiger partial charge in [-0.1, -0.05) is 12.2 Å². The van der Waals surface area contributed by atoms with Gasteiger partial charge >= 0.3 is 0 Å². The van der Waals surface area contributed by atoms with Gasteiger partial charge in [-0.25, -0.2) is 13.8 Å². The smallest absolute Gasteiger partial charge is 0.272 e. The molecule has 2 heterocycles. The Bertz CT molecular complexity index is 809. The molecule has 0 unspecified atom stereocenters. The van der Waals surface area contributed by atoms with E-state index in [1.807, 2.05) is 16.9 Å². The van der Waals surface area contributed by atoms with Crippen LogP contribution in [0.3, 0.4) is 0 Å². The fraction of sp³-hybridized carbons (Fsp3) is 0.368. The molecule has 1 aliphatic rings. The summed E-state index contributed by atoms with van der Waals surface area (Å²) in [6, 6.07) is 1.89. The predicted octanol–water partition coefficient (Wildman–Crippen LogP) is 4.49. The summed E-state index contributed by atoms with van der Waals surface area (Å²) < 4.78 is 31.4. The standard InChI is InChI=1S/C19H21F2N3O/c1-13-6-4-3-5-7-17-16(13)11-24(23-17)10-15-8-14(2)19(22-9-15)25-12-18(20)21/h5-9,11,18H,3-4,10,12H2,1-2H3/b7-5-,13-6-. The molecule has 25 heavy (non-hydrogen) atoms. The first-order chi connectivity index (χ1) is 12.0. The second kappa shape index (κ2) is 7.59. The minimum atomic E-state index is -2.51. The van der Waals surface area contributed by atoms with Crippen molar-refractivity contribution in [3.05, 3.63) is 53.0 Å². The normalized spacial score (nSPS) is 17.4. The van der Waals surface area contributed by atoms with Crippen LogP contribution in [-0.4, -0.2) is 27.8 Å². The van der Waals surface area contributed by atoms with E-state index in [1.54, 1.807) is 13.1 Å². The van der Waals surface area contributed by atoms with Crippen LogP contribution in [-0.2, 0) is 6.54 Å². The second-order valence-electron chi connectivity index (χ2n) is 6.16. The SMILES string of the molecule is C/C1=C/CC/C=C\c2nn(Cc3cnc(OCC(F)F)c(C)c3)cc21. The maximum absolute atomic E-state index is 12.2. The molecule has 1 aliphatic carbocycles. The Labute approximate surface area is 145 Å². The number of aromatic nitrogens is 3. The topological polar surface area (TPSA) is 39.9 Å². The summed E-state index contributed by atoms with van der Waals surface area (Å²) >= 11 is 0. The van der Waals surface area contributed by atoms with Crippen molar-refractivity contribution in [2.45, 2.75) is 39.7 Å². The Kier molecular flexibility index (Phi) is 5.26. The maximum Gasteiger partial charge on any atom is 0.272 e. The average molecular weight is 345 g/mol. The Balaban J connectivity index is 1.78. The van der Waals surface area contributed by atoms with Gasteiger partial charge in [-0.05, 0) is 50.0 Å². The fourth-order valence-electron chi connectivity index (χ4n) is 2.83. The molecule has 132 valence electrons. The lowest BCUT2D eigenvalue weighted by atomic mass is 10.0. The third kappa shape index (κ3) is 4.32. The van der Waals surface area contributed by atoms with Gasteiger partial charge in [-0.15, -0.1) is 0 Å². The highest BCUT2D eigenvalue weighted by atomic mass is 19.3. The number of hydrogen-bond acceptors (Lipinski definition) is 3. The number of halogens is 2. The second-order valence-corrected chi connectivity index (χ2v) is 6.16. The zero-order valence-corrected chi connectivity index (χ0v) is 14.4. The molecule has 0 saturated carbocycles. The maximum atomic E-state index is 12.2. The molecule has 0 N–H and O–H groups in total. The van der Waals surface area contributed by atoms with Crippen LogP contribution in [0.15, 0.2) is 30.6 Å². The summed E-state index contributed by atoms with van der Waals surface area (Å²) in [5, 5.41) is 4.64. The first-order valence-electron chi connectivity index (χ1n) is 8.30. The lowest BCUT2D eigenvalue weighted by molar-refractivity contribution is 0.0792. The molecule has 4 nitrogen and oxygen atoms in total. The number of hydrogen-bond donors (Lipinski definition) is 0. The van der Waals surface area contributed by atoms with E-state index in [9.17, 15) is 8.78 Å². The van der Waals surface area contributed by atoms with Crippen molar-refractivity contribution in [2.24, 2.45) is 0 Å². The summed E-state index contributed by atoms with van der Waals surface area (Å²) in [6.45, 7) is 3.83. The zero-order chi connectivity index (χ0) is 17.8. The monoisotopic (exact) mass is 345 g/mol. The van der Waals surface area contributed by atoms with Gasteiger partial charge in [0.05, 0.1) is 12.2 Å². The van der Waals surface area contributed by atoms with E-state index in [0.29, 0.717) is 6.54 Å². The largest absolute Gasteiger partial charge is 0.471 e. The summed E-state index contributed by atoms with van der Waals surface area (Å²) in [4.78, 5) is 4.15. The molecule has 0 spiro atoms. The van der Waals surface area contributed by atoms with E-state index >= 15 is 0 Å². The number of nitrogens with zero attached hydrogens (tertiary/aromatic N) is 3. The molecular formula is C19H21F2N3O. The van der Waals surface area contributed by atoms with E-state index in [1.165, 1.54) is 5.57 Å². The summed E-state index contributed by atoms with van der Waals surface area (Å²) in [7, 11) is 0. The van der Waals surface area contributed by atoms with Gasteiger partial charge in [-0.3, -0.25) is 4.68 Å². The highest BCUT2D eigenvalue weighted by Crippen LogP contribution is 2.23. The van der Waals surface area contributed by atoms with Crippen LogP contribution in [0.4, 0.5) is 8.78 Å². The van der Waals surface area contributed by atoms with Crippen molar-refractivity contribution < 1.29 is 13.5 Å². The third-order valence-corrected chi connectivity index (χ3v) is 4.05. The van der Waals surface area contributed by atoms with Gasteiger partial charge in [-0.2, -0.15) is 5.10 Å². The van der Waals surface area contributed by atoms with Crippen LogP contribution < -0.4 is 4.74 Å². The molecule has 0 saturated heterocycles. The number of rotatable bonds is 5. The Morgan fingerprint density at radius 3 is 2.88 bits per heavy atom. The summed E-state index contributed by atoms with van der Waals surface area (Å²) in [5.41, 5.74) is 5.02. The van der Waals surface area contributed by atoms with Gasteiger partial charge < -0.3 is 4.74 Å². The number of aryl methyl sites for hydroxylation is 1. The number of allylic oxidation sites excluding steroid dienone is 3. The molecular weight excluding hydrogens is 324 g/mol. The molecule has 0 amide bonds. The highest BCUT2D eigenvalue weighted by Gasteiger charge is 2.11. The van der Waals surface area contributed by atoms with Crippen LogP contribution >= 0.6 is 0 Å². The fourth-order valence-corrected chi connectivity index (χ4v) is 2.83. The van der Waals surface area contributed by atoms with Crippen molar-refractivity contribution in [3.63, 3.8) is 0 Å². The van der Waals surface area contributed by atoms with Gasteiger partial charge in [0, 0.05) is 23.5 Å². The molecule has 0 aliphatic heterocycles. The van der Waals surface area contributed by atoms with Crippen LogP contribution in [0.2, 0.25) is 0 Å². The van der Waals surface area contributed by atoms with Gasteiger partial charge in [0.15, 0.2) is 6.61 Å². The Morgan fingerprint density at radius 1 is 1.28 bits per heavy atom. The molecule has 0 fully saturated rings. The van der Waals surface area contributed by atoms with E-state index in [0.717, 1.165) is 35.2 Å². The average Bonchev–Trinajstić information content (AvgIpc) is 2.94. The summed E-state index contributed by atoms with van der Waals surface area (Å²) in [6.07, 6.45) is 9.66. The first kappa shape index (κ1) is 17.3. The first-order valence-corrected chi connectivity index (χ1v) is 8.30. The van der Waals surface area contributed by atoms with E-state index < -0.39 is 13.0 Å². The van der Waals surface area contributed by atoms with Crippen molar-refractivity contribution >= 4 is 11.6 Å². The number of pyridine rings is 1. The predicted molar refractivity (Wildman–Crippen MR) is 93.7 cm³/mol. The van der Waals surface area contributed by atoms with Crippen LogP contribution in [0.25, 0.3) is 11.6 Å². The third-order valence-electron chi connectivity index (χ3n) is 4.05. The van der Waals surface area contributed by atoms with E-state index in [4.69, 9.17) is 4.74 Å². The van der Waals surface area contributed by atoms with Crippen molar-refractivity contribution in [3.8, 4) is 5.88 Å². The highest BCUT2D eigenvalue weighted by molar-refractivity contribution is 5.71. The molecule has 0 bridgehead atoms. The van der Waals surface area contributed by atoms with Crippen molar-refractivity contribution in [1.82, 2.24) is 14.8 Å². The molecule has 2 aromatic heterocycles. The summed E-state index contributed by atoms with van der Waals surface area (Å²) in [5.74, 6) is 0.249. The zero-order valence-electron chi connectivity index (χ0n) is 14.4. The molecule has 6 heteroatoms. The molecule has 3 rings (SSSR count). The number of fused-ring (bicyclic) bond motifs is 1. The minimum absolute atomic E-state index is 0.249. The minimum Gasteiger partial charge on any atom is -0.471 e. The Hall–Kier alpha value is -2.50. The number of alkyl halides is 2. The van der Waals surface area contributed by atoms with Gasteiger partial charge in [0.25, 0.3) is 6.43 Å². The van der Waals surface area contributed by atoms with Crippen LogP contribution in [0.5, 0.6) is 5.88 Å². The lowest BCUT2D eigenvalue weighted by Crippen LogP contribution is -2.09. The van der Waals surface area contributed by atoms with E-state index in [-0.39, 0.29) is 5.88 Å². The van der Waals surface area contributed by atoms with E-state index in [2.05, 4.69) is 35.2 Å². The quantitative estimate of drug-likeness (QED) is 0.802. The Morgan fingerprint density at radius 2 is 2.12 bits per heavy atom. The van der Waals surface area contributed by atoms with Gasteiger partial charge in [0.2, 0.25) is 5.88 Å². The van der Waals surface area contributed by atoms with Crippen molar-refractivity contribution in [1.29, 1.82) is 0 Å². The van der Waals surface area contributed by atoms with Gasteiger partial charge in [0.1, 0.15) is 0 Å². The van der Waals surface area contributed by atoms with Crippen LogP contribution in [0.1, 0.15) is 42.1 Å². The van der Waals surface area contributed by atoms with Crippen LogP contribution in [0, 0.1) is 6.92 Å². The molecule has 2 aromatic rings.